The molecule has 13 heavy (non-hydrogen) atoms. The Balaban J connectivity index is 2.30. The van der Waals surface area contributed by atoms with Gasteiger partial charge in [-0.1, -0.05) is 17.7 Å². The smallest absolute Gasteiger partial charge is 0.128 e. The van der Waals surface area contributed by atoms with Gasteiger partial charge in [0, 0.05) is 10.9 Å². The van der Waals surface area contributed by atoms with Gasteiger partial charge in [-0.15, -0.1) is 0 Å². The molecule has 70 valence electrons. The van der Waals surface area contributed by atoms with Crippen LogP contribution < -0.4 is 0 Å². The van der Waals surface area contributed by atoms with Gasteiger partial charge < -0.3 is 5.11 Å². The molecular weight excluding hydrogens is 191 g/mol. The van der Waals surface area contributed by atoms with E-state index in [2.05, 4.69) is 0 Å². The van der Waals surface area contributed by atoms with E-state index in [4.69, 9.17) is 11.6 Å². The molecule has 1 saturated carbocycles. The summed E-state index contributed by atoms with van der Waals surface area (Å²) in [6.07, 6.45) is 1.25. The topological polar surface area (TPSA) is 20.2 Å². The van der Waals surface area contributed by atoms with Crippen LogP contribution in [0.3, 0.4) is 0 Å². The second-order valence-electron chi connectivity index (χ2n) is 3.42. The summed E-state index contributed by atoms with van der Waals surface area (Å²) in [7, 11) is 0. The number of hydrogen-bond donors (Lipinski definition) is 1. The molecule has 3 heteroatoms. The van der Waals surface area contributed by atoms with Crippen molar-refractivity contribution in [3.05, 3.63) is 34.6 Å². The zero-order chi connectivity index (χ0) is 9.42. The van der Waals surface area contributed by atoms with Gasteiger partial charge in [0.05, 0.1) is 6.10 Å². The van der Waals surface area contributed by atoms with Crippen molar-refractivity contribution >= 4 is 11.6 Å². The van der Waals surface area contributed by atoms with Gasteiger partial charge in [-0.2, -0.15) is 0 Å². The lowest BCUT2D eigenvalue weighted by Crippen LogP contribution is -2.29. The lowest BCUT2D eigenvalue weighted by Gasteiger charge is -2.32. The first-order valence-electron chi connectivity index (χ1n) is 4.31. The molecule has 1 aromatic carbocycles. The molecule has 2 atom stereocenters. The van der Waals surface area contributed by atoms with Gasteiger partial charge in [0.25, 0.3) is 0 Å². The molecule has 1 N–H and O–H groups in total. The number of hydrogen-bond acceptors (Lipinski definition) is 1. The summed E-state index contributed by atoms with van der Waals surface area (Å²) < 4.78 is 13.3. The van der Waals surface area contributed by atoms with Crippen molar-refractivity contribution in [3.63, 3.8) is 0 Å². The molecule has 1 aliphatic rings. The van der Waals surface area contributed by atoms with Crippen LogP contribution in [-0.2, 0) is 0 Å². The molecular formula is C10H10ClFO. The number of aliphatic hydroxyl groups is 1. The number of rotatable bonds is 1. The molecule has 2 rings (SSSR count). The van der Waals surface area contributed by atoms with E-state index in [1.807, 2.05) is 0 Å². The fraction of sp³-hybridized carbons (Fsp3) is 0.400. The summed E-state index contributed by atoms with van der Waals surface area (Å²) in [5.74, 6) is -0.339. The number of benzene rings is 1. The van der Waals surface area contributed by atoms with Crippen LogP contribution in [0.1, 0.15) is 24.3 Å². The predicted octanol–water partition coefficient (Wildman–Crippen LogP) is 2.72. The van der Waals surface area contributed by atoms with Crippen LogP contribution in [0.2, 0.25) is 5.02 Å². The summed E-state index contributed by atoms with van der Waals surface area (Å²) >= 11 is 5.62. The van der Waals surface area contributed by atoms with Crippen LogP contribution in [0.15, 0.2) is 18.2 Å². The maximum Gasteiger partial charge on any atom is 0.128 e. The molecule has 1 nitrogen and oxygen atoms in total. The highest BCUT2D eigenvalue weighted by Crippen LogP contribution is 2.38. The third-order valence-corrected chi connectivity index (χ3v) is 2.83. The second-order valence-corrected chi connectivity index (χ2v) is 3.85. The van der Waals surface area contributed by atoms with E-state index in [9.17, 15) is 9.50 Å². The molecule has 0 amide bonds. The Morgan fingerprint density at radius 3 is 2.62 bits per heavy atom. The van der Waals surface area contributed by atoms with Gasteiger partial charge in [0.1, 0.15) is 5.82 Å². The van der Waals surface area contributed by atoms with E-state index in [0.29, 0.717) is 10.6 Å². The van der Waals surface area contributed by atoms with Gasteiger partial charge in [0.2, 0.25) is 0 Å². The van der Waals surface area contributed by atoms with Crippen LogP contribution in [-0.4, -0.2) is 11.2 Å². The van der Waals surface area contributed by atoms with Crippen LogP contribution in [0.4, 0.5) is 4.39 Å². The first kappa shape index (κ1) is 8.97. The predicted molar refractivity (Wildman–Crippen MR) is 49.4 cm³/mol. The first-order valence-corrected chi connectivity index (χ1v) is 4.69. The highest BCUT2D eigenvalue weighted by Gasteiger charge is 2.31. The normalized spacial score (nSPS) is 27.0. The zero-order valence-electron chi connectivity index (χ0n) is 7.00. The van der Waals surface area contributed by atoms with Gasteiger partial charge in [0.15, 0.2) is 0 Å². The van der Waals surface area contributed by atoms with Crippen LogP contribution >= 0.6 is 11.6 Å². The van der Waals surface area contributed by atoms with E-state index < -0.39 is 0 Å². The van der Waals surface area contributed by atoms with Crippen molar-refractivity contribution in [2.24, 2.45) is 0 Å². The monoisotopic (exact) mass is 200 g/mol. The third-order valence-electron chi connectivity index (χ3n) is 2.60. The maximum absolute atomic E-state index is 13.3. The van der Waals surface area contributed by atoms with Gasteiger partial charge >= 0.3 is 0 Å². The summed E-state index contributed by atoms with van der Waals surface area (Å²) in [6.45, 7) is 0. The Morgan fingerprint density at radius 1 is 1.38 bits per heavy atom. The standard InChI is InChI=1S/C10H10ClFO/c11-6-1-2-7(9(12)5-6)8-3-4-10(8)13/h1-2,5,8,10,13H,3-4H2. The molecule has 0 spiro atoms. The maximum atomic E-state index is 13.3. The van der Waals surface area contributed by atoms with Gasteiger partial charge in [-0.05, 0) is 30.5 Å². The Bertz CT molecular complexity index is 327. The fourth-order valence-electron chi connectivity index (χ4n) is 1.65. The van der Waals surface area contributed by atoms with Gasteiger partial charge in [-0.25, -0.2) is 4.39 Å². The Morgan fingerprint density at radius 2 is 2.15 bits per heavy atom. The van der Waals surface area contributed by atoms with Crippen molar-refractivity contribution in [1.82, 2.24) is 0 Å². The van der Waals surface area contributed by atoms with Crippen LogP contribution in [0.5, 0.6) is 0 Å². The summed E-state index contributed by atoms with van der Waals surface area (Å²) in [4.78, 5) is 0. The minimum atomic E-state index is -0.379. The van der Waals surface area contributed by atoms with E-state index in [1.165, 1.54) is 6.07 Å². The molecule has 0 heterocycles. The average Bonchev–Trinajstić information content (AvgIpc) is 2.07. The molecule has 1 fully saturated rings. The summed E-state index contributed by atoms with van der Waals surface area (Å²) in [5.41, 5.74) is 0.586. The molecule has 0 aliphatic heterocycles. The highest BCUT2D eigenvalue weighted by molar-refractivity contribution is 6.30. The van der Waals surface area contributed by atoms with Crippen molar-refractivity contribution in [1.29, 1.82) is 0 Å². The second kappa shape index (κ2) is 3.28. The van der Waals surface area contributed by atoms with Gasteiger partial charge in [-0.3, -0.25) is 0 Å². The SMILES string of the molecule is OC1CCC1c1ccc(Cl)cc1F. The lowest BCUT2D eigenvalue weighted by molar-refractivity contribution is 0.0644. The van der Waals surface area contributed by atoms with Crippen molar-refractivity contribution < 1.29 is 9.50 Å². The Kier molecular flexibility index (Phi) is 2.26. The molecule has 0 aromatic heterocycles. The van der Waals surface area contributed by atoms with Crippen molar-refractivity contribution in [2.45, 2.75) is 24.9 Å². The summed E-state index contributed by atoms with van der Waals surface area (Å²) in [6, 6.07) is 4.61. The lowest BCUT2D eigenvalue weighted by atomic mass is 9.77. The molecule has 2 unspecified atom stereocenters. The molecule has 1 aliphatic carbocycles. The number of aliphatic hydroxyl groups excluding tert-OH is 1. The van der Waals surface area contributed by atoms with E-state index in [0.717, 1.165) is 12.8 Å². The largest absolute Gasteiger partial charge is 0.392 e. The average molecular weight is 201 g/mol. The molecule has 1 aromatic rings. The quantitative estimate of drug-likeness (QED) is 0.739. The minimum Gasteiger partial charge on any atom is -0.392 e. The van der Waals surface area contributed by atoms with Crippen LogP contribution in [0.25, 0.3) is 0 Å². The van der Waals surface area contributed by atoms with E-state index in [-0.39, 0.29) is 17.8 Å². The minimum absolute atomic E-state index is 0.0303. The van der Waals surface area contributed by atoms with Crippen molar-refractivity contribution in [2.75, 3.05) is 0 Å². The highest BCUT2D eigenvalue weighted by atomic mass is 35.5. The molecule has 0 radical (unpaired) electrons. The molecule has 0 bridgehead atoms. The third kappa shape index (κ3) is 1.56. The zero-order valence-corrected chi connectivity index (χ0v) is 7.76. The van der Waals surface area contributed by atoms with E-state index in [1.54, 1.807) is 12.1 Å². The Hall–Kier alpha value is -0.600. The first-order chi connectivity index (χ1) is 6.18. The summed E-state index contributed by atoms with van der Waals surface area (Å²) in [5, 5.41) is 9.75. The van der Waals surface area contributed by atoms with Crippen LogP contribution in [0, 0.1) is 5.82 Å². The Labute approximate surface area is 81.1 Å². The van der Waals surface area contributed by atoms with E-state index >= 15 is 0 Å². The van der Waals surface area contributed by atoms with Crippen molar-refractivity contribution in [3.8, 4) is 0 Å². The molecule has 0 saturated heterocycles. The number of halogens is 2. The fourth-order valence-corrected chi connectivity index (χ4v) is 1.81.